The molecule has 2 amide bonds. The second-order valence-corrected chi connectivity index (χ2v) is 7.30. The standard InChI is InChI=1S/C19H20F2N2O3S/c1-22(12-13-6-8-14(9-7-13)26-19(20)21)17(24)15-4-2-10-23(15)18(25)16-5-3-11-27-16/h3,5-9,11,15,19H,2,4,10,12H2,1H3. The van der Waals surface area contributed by atoms with Crippen molar-refractivity contribution in [2.24, 2.45) is 0 Å². The van der Waals surface area contributed by atoms with Gasteiger partial charge in [-0.15, -0.1) is 11.3 Å². The Morgan fingerprint density at radius 1 is 1.30 bits per heavy atom. The van der Waals surface area contributed by atoms with Crippen LogP contribution in [0.4, 0.5) is 8.78 Å². The van der Waals surface area contributed by atoms with Crippen LogP contribution in [-0.2, 0) is 11.3 Å². The second-order valence-electron chi connectivity index (χ2n) is 6.35. The number of halogens is 2. The van der Waals surface area contributed by atoms with E-state index >= 15 is 0 Å². The van der Waals surface area contributed by atoms with Gasteiger partial charge in [0.2, 0.25) is 5.91 Å². The molecule has 1 aromatic heterocycles. The van der Waals surface area contributed by atoms with E-state index < -0.39 is 12.7 Å². The van der Waals surface area contributed by atoms with Crippen LogP contribution in [0.15, 0.2) is 41.8 Å². The number of rotatable bonds is 6. The van der Waals surface area contributed by atoms with Crippen LogP contribution in [0.5, 0.6) is 5.75 Å². The van der Waals surface area contributed by atoms with Crippen LogP contribution in [0.3, 0.4) is 0 Å². The minimum atomic E-state index is -2.87. The first-order valence-electron chi connectivity index (χ1n) is 8.59. The number of likely N-dealkylation sites (N-methyl/N-ethyl adjacent to an activating group) is 1. The van der Waals surface area contributed by atoms with Crippen molar-refractivity contribution in [2.45, 2.75) is 32.0 Å². The molecule has 1 aliphatic rings. The highest BCUT2D eigenvalue weighted by Gasteiger charge is 2.36. The number of amides is 2. The van der Waals surface area contributed by atoms with E-state index in [4.69, 9.17) is 0 Å². The van der Waals surface area contributed by atoms with Gasteiger partial charge in [-0.2, -0.15) is 8.78 Å². The number of alkyl halides is 2. The zero-order valence-corrected chi connectivity index (χ0v) is 15.6. The second kappa shape index (κ2) is 8.47. The average Bonchev–Trinajstić information content (AvgIpc) is 3.33. The van der Waals surface area contributed by atoms with Gasteiger partial charge in [0.1, 0.15) is 11.8 Å². The molecule has 1 unspecified atom stereocenters. The highest BCUT2D eigenvalue weighted by molar-refractivity contribution is 7.12. The number of hydrogen-bond donors (Lipinski definition) is 0. The molecule has 1 saturated heterocycles. The fourth-order valence-corrected chi connectivity index (χ4v) is 3.87. The van der Waals surface area contributed by atoms with Gasteiger partial charge in [-0.3, -0.25) is 9.59 Å². The Labute approximate surface area is 160 Å². The van der Waals surface area contributed by atoms with Crippen molar-refractivity contribution in [3.63, 3.8) is 0 Å². The Morgan fingerprint density at radius 3 is 2.67 bits per heavy atom. The maximum absolute atomic E-state index is 12.9. The Morgan fingerprint density at radius 2 is 2.04 bits per heavy atom. The number of nitrogens with zero attached hydrogens (tertiary/aromatic N) is 2. The normalized spacial score (nSPS) is 16.6. The van der Waals surface area contributed by atoms with Gasteiger partial charge in [-0.05, 0) is 42.0 Å². The van der Waals surface area contributed by atoms with Gasteiger partial charge in [0.05, 0.1) is 4.88 Å². The average molecular weight is 394 g/mol. The van der Waals surface area contributed by atoms with Gasteiger partial charge in [0.25, 0.3) is 5.91 Å². The minimum absolute atomic E-state index is 0.0752. The molecule has 0 aliphatic carbocycles. The summed E-state index contributed by atoms with van der Waals surface area (Å²) in [4.78, 5) is 29.3. The summed E-state index contributed by atoms with van der Waals surface area (Å²) in [6, 6.07) is 9.29. The van der Waals surface area contributed by atoms with Crippen LogP contribution >= 0.6 is 11.3 Å². The number of thiophene rings is 1. The van der Waals surface area contributed by atoms with E-state index in [9.17, 15) is 18.4 Å². The van der Waals surface area contributed by atoms with Crippen LogP contribution in [0.1, 0.15) is 28.1 Å². The van der Waals surface area contributed by atoms with Gasteiger partial charge in [0.15, 0.2) is 0 Å². The quantitative estimate of drug-likeness (QED) is 0.752. The summed E-state index contributed by atoms with van der Waals surface area (Å²) < 4.78 is 28.7. The van der Waals surface area contributed by atoms with Gasteiger partial charge in [-0.25, -0.2) is 0 Å². The lowest BCUT2D eigenvalue weighted by Gasteiger charge is -2.28. The molecule has 0 spiro atoms. The van der Waals surface area contributed by atoms with Crippen LogP contribution in [0.25, 0.3) is 0 Å². The molecule has 2 heterocycles. The summed E-state index contributed by atoms with van der Waals surface area (Å²) in [5.74, 6) is -0.153. The number of carbonyl (C=O) groups is 2. The smallest absolute Gasteiger partial charge is 0.387 e. The minimum Gasteiger partial charge on any atom is -0.435 e. The van der Waals surface area contributed by atoms with Crippen LogP contribution < -0.4 is 4.74 Å². The molecule has 1 fully saturated rings. The van der Waals surface area contributed by atoms with E-state index in [2.05, 4.69) is 4.74 Å². The van der Waals surface area contributed by atoms with Crippen molar-refractivity contribution < 1.29 is 23.1 Å². The topological polar surface area (TPSA) is 49.9 Å². The van der Waals surface area contributed by atoms with Crippen molar-refractivity contribution in [2.75, 3.05) is 13.6 Å². The summed E-state index contributed by atoms with van der Waals surface area (Å²) in [6.07, 6.45) is 1.43. The van der Waals surface area contributed by atoms with Gasteiger partial charge >= 0.3 is 6.61 Å². The fraction of sp³-hybridized carbons (Fsp3) is 0.368. The monoisotopic (exact) mass is 394 g/mol. The fourth-order valence-electron chi connectivity index (χ4n) is 3.19. The molecular formula is C19H20F2N2O3S. The van der Waals surface area contributed by atoms with E-state index in [1.807, 2.05) is 11.4 Å². The predicted molar refractivity (Wildman–Crippen MR) is 97.9 cm³/mol. The molecular weight excluding hydrogens is 374 g/mol. The third-order valence-electron chi connectivity index (χ3n) is 4.48. The molecule has 144 valence electrons. The van der Waals surface area contributed by atoms with E-state index in [0.717, 1.165) is 12.0 Å². The lowest BCUT2D eigenvalue weighted by molar-refractivity contribution is -0.134. The lowest BCUT2D eigenvalue weighted by Crippen LogP contribution is -2.46. The summed E-state index contributed by atoms with van der Waals surface area (Å²) in [5, 5.41) is 1.84. The SMILES string of the molecule is CN(Cc1ccc(OC(F)F)cc1)C(=O)C1CCCN1C(=O)c1cccs1. The molecule has 27 heavy (non-hydrogen) atoms. The number of carbonyl (C=O) groups excluding carboxylic acids is 2. The molecule has 2 aromatic rings. The molecule has 0 saturated carbocycles. The van der Waals surface area contributed by atoms with Crippen LogP contribution in [0, 0.1) is 0 Å². The Bertz CT molecular complexity index is 781. The first kappa shape index (κ1) is 19.3. The molecule has 1 atom stereocenters. The van der Waals surface area contributed by atoms with Crippen molar-refractivity contribution in [1.82, 2.24) is 9.80 Å². The largest absolute Gasteiger partial charge is 0.435 e. The Hall–Kier alpha value is -2.48. The zero-order chi connectivity index (χ0) is 19.4. The lowest BCUT2D eigenvalue weighted by atomic mass is 10.1. The summed E-state index contributed by atoms with van der Waals surface area (Å²) in [5.41, 5.74) is 0.793. The third kappa shape index (κ3) is 4.63. The number of benzene rings is 1. The van der Waals surface area contributed by atoms with Crippen LogP contribution in [-0.4, -0.2) is 47.9 Å². The molecule has 1 aliphatic heterocycles. The molecule has 0 bridgehead atoms. The number of hydrogen-bond acceptors (Lipinski definition) is 4. The van der Waals surface area contributed by atoms with E-state index in [-0.39, 0.29) is 17.6 Å². The number of ether oxygens (including phenoxy) is 1. The molecule has 3 rings (SSSR count). The van der Waals surface area contributed by atoms with Crippen molar-refractivity contribution in [3.05, 3.63) is 52.2 Å². The summed E-state index contributed by atoms with van der Waals surface area (Å²) in [6.45, 7) is -1.97. The molecule has 0 radical (unpaired) electrons. The Kier molecular flexibility index (Phi) is 6.05. The maximum atomic E-state index is 12.9. The summed E-state index contributed by atoms with van der Waals surface area (Å²) in [7, 11) is 1.68. The van der Waals surface area contributed by atoms with Gasteiger partial charge in [0, 0.05) is 20.1 Å². The Balaban J connectivity index is 1.63. The molecule has 0 N–H and O–H groups in total. The third-order valence-corrected chi connectivity index (χ3v) is 5.33. The van der Waals surface area contributed by atoms with Gasteiger partial charge in [-0.1, -0.05) is 18.2 Å². The van der Waals surface area contributed by atoms with E-state index in [0.29, 0.717) is 24.4 Å². The van der Waals surface area contributed by atoms with Gasteiger partial charge < -0.3 is 14.5 Å². The predicted octanol–water partition coefficient (Wildman–Crippen LogP) is 3.61. The number of likely N-dealkylation sites (tertiary alicyclic amines) is 1. The summed E-state index contributed by atoms with van der Waals surface area (Å²) >= 11 is 1.37. The van der Waals surface area contributed by atoms with Crippen LogP contribution in [0.2, 0.25) is 0 Å². The highest BCUT2D eigenvalue weighted by atomic mass is 32.1. The zero-order valence-electron chi connectivity index (χ0n) is 14.8. The highest BCUT2D eigenvalue weighted by Crippen LogP contribution is 2.24. The van der Waals surface area contributed by atoms with Crippen molar-refractivity contribution >= 4 is 23.2 Å². The maximum Gasteiger partial charge on any atom is 0.387 e. The molecule has 8 heteroatoms. The van der Waals surface area contributed by atoms with Crippen molar-refractivity contribution in [3.8, 4) is 5.75 Å². The van der Waals surface area contributed by atoms with E-state index in [1.54, 1.807) is 35.0 Å². The first-order valence-corrected chi connectivity index (χ1v) is 9.47. The van der Waals surface area contributed by atoms with Crippen molar-refractivity contribution in [1.29, 1.82) is 0 Å². The molecule has 5 nitrogen and oxygen atoms in total. The van der Waals surface area contributed by atoms with E-state index in [1.165, 1.54) is 23.5 Å². The molecule has 1 aromatic carbocycles. The first-order chi connectivity index (χ1) is 13.0.